The van der Waals surface area contributed by atoms with Gasteiger partial charge in [-0.1, -0.05) is 15.9 Å². The maximum absolute atomic E-state index is 10.8. The molecule has 4 heteroatoms. The second-order valence-corrected chi connectivity index (χ2v) is 5.05. The van der Waals surface area contributed by atoms with Gasteiger partial charge in [0.2, 0.25) is 0 Å². The van der Waals surface area contributed by atoms with Gasteiger partial charge in [-0.2, -0.15) is 0 Å². The van der Waals surface area contributed by atoms with Gasteiger partial charge in [-0.3, -0.25) is 0 Å². The predicted molar refractivity (Wildman–Crippen MR) is 61.2 cm³/mol. The number of carboxylic acid groups (broad SMARTS) is 1. The summed E-state index contributed by atoms with van der Waals surface area (Å²) in [6.45, 7) is 1.98. The molecule has 0 saturated carbocycles. The van der Waals surface area contributed by atoms with Gasteiger partial charge in [0, 0.05) is 9.17 Å². The lowest BCUT2D eigenvalue weighted by Gasteiger charge is -1.95. The Bertz CT molecular complexity index is 516. The Morgan fingerprint density at radius 1 is 1.43 bits per heavy atom. The summed E-state index contributed by atoms with van der Waals surface area (Å²) in [4.78, 5) is 11.2. The van der Waals surface area contributed by atoms with Crippen LogP contribution in [0.2, 0.25) is 0 Å². The predicted octanol–water partition coefficient (Wildman–Crippen LogP) is 3.67. The minimum atomic E-state index is -0.860. The van der Waals surface area contributed by atoms with Crippen molar-refractivity contribution < 1.29 is 9.90 Å². The van der Waals surface area contributed by atoms with Gasteiger partial charge >= 0.3 is 5.97 Å². The molecule has 2 nitrogen and oxygen atoms in total. The maximum Gasteiger partial charge on any atom is 0.345 e. The van der Waals surface area contributed by atoms with Crippen LogP contribution in [0, 0.1) is 6.92 Å². The smallest absolute Gasteiger partial charge is 0.345 e. The van der Waals surface area contributed by atoms with Crippen LogP contribution in [0.3, 0.4) is 0 Å². The zero-order valence-corrected chi connectivity index (χ0v) is 9.78. The molecule has 0 saturated heterocycles. The Labute approximate surface area is 93.3 Å². The van der Waals surface area contributed by atoms with Crippen LogP contribution in [-0.4, -0.2) is 11.1 Å². The van der Waals surface area contributed by atoms with E-state index in [9.17, 15) is 4.79 Å². The van der Waals surface area contributed by atoms with E-state index >= 15 is 0 Å². The number of halogens is 1. The van der Waals surface area contributed by atoms with Crippen molar-refractivity contribution in [3.05, 3.63) is 33.1 Å². The summed E-state index contributed by atoms with van der Waals surface area (Å²) >= 11 is 4.69. The summed E-state index contributed by atoms with van der Waals surface area (Å²) in [5.41, 5.74) is 1.10. The van der Waals surface area contributed by atoms with Gasteiger partial charge in [0.25, 0.3) is 0 Å². The average Bonchev–Trinajstić information content (AvgIpc) is 2.47. The number of benzene rings is 1. The average molecular weight is 271 g/mol. The van der Waals surface area contributed by atoms with Crippen LogP contribution in [0.4, 0.5) is 0 Å². The second kappa shape index (κ2) is 3.37. The van der Waals surface area contributed by atoms with E-state index in [2.05, 4.69) is 15.9 Å². The fourth-order valence-electron chi connectivity index (χ4n) is 1.38. The molecule has 0 spiro atoms. The van der Waals surface area contributed by atoms with E-state index in [4.69, 9.17) is 5.11 Å². The topological polar surface area (TPSA) is 37.3 Å². The molecule has 0 fully saturated rings. The number of aryl methyl sites for hydroxylation is 1. The zero-order valence-electron chi connectivity index (χ0n) is 7.37. The highest BCUT2D eigenvalue weighted by Crippen LogP contribution is 2.31. The molecule has 1 aromatic carbocycles. The number of hydrogen-bond donors (Lipinski definition) is 1. The van der Waals surface area contributed by atoms with E-state index in [1.54, 1.807) is 6.07 Å². The molecule has 0 bridgehead atoms. The molecule has 0 aliphatic carbocycles. The summed E-state index contributed by atoms with van der Waals surface area (Å²) in [7, 11) is 0. The molecule has 1 aromatic heterocycles. The molecule has 0 radical (unpaired) electrons. The standard InChI is InChI=1S/C10H7BrO2S/c1-5-2-6(11)3-8-7(5)4-9(14-8)10(12)13/h2-4H,1H3,(H,12,13). The number of fused-ring (bicyclic) bond motifs is 1. The molecule has 2 aromatic rings. The highest BCUT2D eigenvalue weighted by molar-refractivity contribution is 9.10. The molecule has 2 rings (SSSR count). The van der Waals surface area contributed by atoms with Gasteiger partial charge in [0.1, 0.15) is 4.88 Å². The van der Waals surface area contributed by atoms with Crippen LogP contribution in [0.25, 0.3) is 10.1 Å². The third-order valence-electron chi connectivity index (χ3n) is 2.02. The van der Waals surface area contributed by atoms with Gasteiger partial charge in [-0.25, -0.2) is 4.79 Å². The van der Waals surface area contributed by atoms with Crippen LogP contribution in [0.5, 0.6) is 0 Å². The molecule has 0 amide bonds. The Morgan fingerprint density at radius 3 is 2.79 bits per heavy atom. The normalized spacial score (nSPS) is 10.7. The lowest BCUT2D eigenvalue weighted by Crippen LogP contribution is -1.89. The third-order valence-corrected chi connectivity index (χ3v) is 3.55. The van der Waals surface area contributed by atoms with Gasteiger partial charge < -0.3 is 5.11 Å². The number of carboxylic acids is 1. The van der Waals surface area contributed by atoms with Crippen molar-refractivity contribution >= 4 is 43.3 Å². The fraction of sp³-hybridized carbons (Fsp3) is 0.100. The first-order valence-electron chi connectivity index (χ1n) is 4.01. The first-order chi connectivity index (χ1) is 6.58. The molecule has 14 heavy (non-hydrogen) atoms. The van der Waals surface area contributed by atoms with E-state index in [1.165, 1.54) is 11.3 Å². The SMILES string of the molecule is Cc1cc(Br)cc2sc(C(=O)O)cc12. The van der Waals surface area contributed by atoms with E-state index in [1.807, 2.05) is 19.1 Å². The minimum Gasteiger partial charge on any atom is -0.477 e. The van der Waals surface area contributed by atoms with Gasteiger partial charge in [-0.15, -0.1) is 11.3 Å². The Balaban J connectivity index is 2.76. The monoisotopic (exact) mass is 270 g/mol. The number of carbonyl (C=O) groups is 1. The molecular formula is C10H7BrO2S. The van der Waals surface area contributed by atoms with Crippen LogP contribution in [0.15, 0.2) is 22.7 Å². The lowest BCUT2D eigenvalue weighted by molar-refractivity contribution is 0.0702. The molecule has 0 aliphatic heterocycles. The lowest BCUT2D eigenvalue weighted by atomic mass is 10.1. The summed E-state index contributed by atoms with van der Waals surface area (Å²) < 4.78 is 2.00. The van der Waals surface area contributed by atoms with Crippen molar-refractivity contribution in [3.63, 3.8) is 0 Å². The van der Waals surface area contributed by atoms with Crippen molar-refractivity contribution in [2.24, 2.45) is 0 Å². The maximum atomic E-state index is 10.8. The number of hydrogen-bond acceptors (Lipinski definition) is 2. The quantitative estimate of drug-likeness (QED) is 0.859. The van der Waals surface area contributed by atoms with Crippen LogP contribution in [-0.2, 0) is 0 Å². The van der Waals surface area contributed by atoms with Crippen molar-refractivity contribution in [2.75, 3.05) is 0 Å². The second-order valence-electron chi connectivity index (χ2n) is 3.05. The summed E-state index contributed by atoms with van der Waals surface area (Å²) in [6.07, 6.45) is 0. The summed E-state index contributed by atoms with van der Waals surface area (Å²) in [5.74, 6) is -0.860. The van der Waals surface area contributed by atoms with Crippen LogP contribution in [0.1, 0.15) is 15.2 Å². The molecular weight excluding hydrogens is 264 g/mol. The van der Waals surface area contributed by atoms with Crippen molar-refractivity contribution in [2.45, 2.75) is 6.92 Å². The van der Waals surface area contributed by atoms with Crippen LogP contribution < -0.4 is 0 Å². The Morgan fingerprint density at radius 2 is 2.14 bits per heavy atom. The number of aromatic carboxylic acids is 1. The first-order valence-corrected chi connectivity index (χ1v) is 5.62. The number of thiophene rings is 1. The molecule has 72 valence electrons. The minimum absolute atomic E-state index is 0.390. The number of rotatable bonds is 1. The van der Waals surface area contributed by atoms with E-state index < -0.39 is 5.97 Å². The molecule has 0 atom stereocenters. The van der Waals surface area contributed by atoms with Gasteiger partial charge in [-0.05, 0) is 36.1 Å². The largest absolute Gasteiger partial charge is 0.477 e. The van der Waals surface area contributed by atoms with E-state index in [0.29, 0.717) is 4.88 Å². The highest BCUT2D eigenvalue weighted by atomic mass is 79.9. The molecule has 1 N–H and O–H groups in total. The third kappa shape index (κ3) is 1.55. The Kier molecular flexibility index (Phi) is 2.33. The highest BCUT2D eigenvalue weighted by Gasteiger charge is 2.10. The van der Waals surface area contributed by atoms with Crippen LogP contribution >= 0.6 is 27.3 Å². The van der Waals surface area contributed by atoms with Crippen molar-refractivity contribution in [1.82, 2.24) is 0 Å². The fourth-order valence-corrected chi connectivity index (χ4v) is 3.12. The van der Waals surface area contributed by atoms with E-state index in [0.717, 1.165) is 20.1 Å². The zero-order chi connectivity index (χ0) is 10.3. The Hall–Kier alpha value is -0.870. The van der Waals surface area contributed by atoms with Crippen molar-refractivity contribution in [1.29, 1.82) is 0 Å². The van der Waals surface area contributed by atoms with Gasteiger partial charge in [0.05, 0.1) is 0 Å². The summed E-state index contributed by atoms with van der Waals surface area (Å²) in [5, 5.41) is 9.87. The molecule has 0 aliphatic rings. The van der Waals surface area contributed by atoms with Gasteiger partial charge in [0.15, 0.2) is 0 Å². The van der Waals surface area contributed by atoms with E-state index in [-0.39, 0.29) is 0 Å². The first kappa shape index (κ1) is 9.68. The molecule has 0 unspecified atom stereocenters. The van der Waals surface area contributed by atoms with Crippen molar-refractivity contribution in [3.8, 4) is 0 Å². The molecule has 1 heterocycles. The summed E-state index contributed by atoms with van der Waals surface area (Å²) in [6, 6.07) is 5.66.